The van der Waals surface area contributed by atoms with E-state index >= 15 is 0 Å². The lowest BCUT2D eigenvalue weighted by Gasteiger charge is -2.01. The molecule has 0 rings (SSSR count). The highest BCUT2D eigenvalue weighted by Crippen LogP contribution is 1.72. The van der Waals surface area contributed by atoms with E-state index in [0.717, 1.165) is 0 Å². The quantitative estimate of drug-likeness (QED) is 0.310. The Kier molecular flexibility index (Phi) is 4.02. The Morgan fingerprint density at radius 2 is 2.30 bits per heavy atom. The first-order valence-electron chi connectivity index (χ1n) is 2.95. The molecule has 0 heterocycles. The lowest BCUT2D eigenvalue weighted by Crippen LogP contribution is -2.34. The number of nitrogens with one attached hydrogen (secondary N) is 3. The number of nitrogens with two attached hydrogens (primary N) is 1. The van der Waals surface area contributed by atoms with Gasteiger partial charge in [-0.25, -0.2) is 4.79 Å². The summed E-state index contributed by atoms with van der Waals surface area (Å²) in [4.78, 5) is 10.5. The Morgan fingerprint density at radius 1 is 1.70 bits per heavy atom. The van der Waals surface area contributed by atoms with Crippen molar-refractivity contribution in [2.45, 2.75) is 6.42 Å². The first-order valence-corrected chi connectivity index (χ1v) is 2.95. The summed E-state index contributed by atoms with van der Waals surface area (Å²) in [7, 11) is 1.53. The lowest BCUT2D eigenvalue weighted by atomic mass is 10.4. The fraction of sp³-hybridized carbons (Fsp3) is 0.600. The molecule has 0 unspecified atom stereocenters. The van der Waals surface area contributed by atoms with Gasteiger partial charge in [-0.15, -0.1) is 0 Å². The Balaban J connectivity index is 3.20. The van der Waals surface area contributed by atoms with E-state index in [2.05, 4.69) is 10.6 Å². The number of carbonyl (C=O) groups excluding carboxylic acids is 1. The zero-order chi connectivity index (χ0) is 7.98. The largest absolute Gasteiger partial charge is 0.388 e. The van der Waals surface area contributed by atoms with Crippen LogP contribution in [0.3, 0.4) is 0 Å². The van der Waals surface area contributed by atoms with Crippen LogP contribution < -0.4 is 16.4 Å². The molecule has 0 spiro atoms. The molecule has 0 aromatic carbocycles. The minimum atomic E-state index is -0.249. The van der Waals surface area contributed by atoms with E-state index in [-0.39, 0.29) is 11.9 Å². The van der Waals surface area contributed by atoms with Crippen molar-refractivity contribution in [3.63, 3.8) is 0 Å². The molecule has 0 aromatic heterocycles. The van der Waals surface area contributed by atoms with Crippen LogP contribution in [0.5, 0.6) is 0 Å². The van der Waals surface area contributed by atoms with Gasteiger partial charge in [-0.1, -0.05) is 0 Å². The van der Waals surface area contributed by atoms with Gasteiger partial charge in [0.15, 0.2) is 0 Å². The minimum absolute atomic E-state index is 0.0800. The second-order valence-corrected chi connectivity index (χ2v) is 1.78. The maximum atomic E-state index is 10.5. The van der Waals surface area contributed by atoms with Crippen molar-refractivity contribution in [3.8, 4) is 0 Å². The van der Waals surface area contributed by atoms with E-state index < -0.39 is 0 Å². The van der Waals surface area contributed by atoms with Crippen molar-refractivity contribution in [2.24, 2.45) is 5.73 Å². The zero-order valence-electron chi connectivity index (χ0n) is 5.90. The molecule has 5 N–H and O–H groups in total. The fourth-order valence-electron chi connectivity index (χ4n) is 0.399. The van der Waals surface area contributed by atoms with E-state index in [0.29, 0.717) is 13.0 Å². The fourth-order valence-corrected chi connectivity index (χ4v) is 0.399. The van der Waals surface area contributed by atoms with Gasteiger partial charge < -0.3 is 16.4 Å². The third-order valence-electron chi connectivity index (χ3n) is 0.907. The van der Waals surface area contributed by atoms with Crippen LogP contribution in [-0.2, 0) is 0 Å². The molecule has 5 nitrogen and oxygen atoms in total. The second-order valence-electron chi connectivity index (χ2n) is 1.78. The molecule has 0 aliphatic heterocycles. The van der Waals surface area contributed by atoms with Crippen molar-refractivity contribution < 1.29 is 4.79 Å². The Bertz CT molecular complexity index is 134. The second kappa shape index (κ2) is 4.60. The van der Waals surface area contributed by atoms with Crippen molar-refractivity contribution >= 4 is 11.9 Å². The van der Waals surface area contributed by atoms with Gasteiger partial charge in [-0.05, 0) is 0 Å². The summed E-state index contributed by atoms with van der Waals surface area (Å²) in [6, 6.07) is -0.249. The number of hydrogen-bond acceptors (Lipinski definition) is 2. The number of amides is 2. The van der Waals surface area contributed by atoms with Crippen LogP contribution in [0.2, 0.25) is 0 Å². The van der Waals surface area contributed by atoms with E-state index in [1.54, 1.807) is 0 Å². The van der Waals surface area contributed by atoms with Gasteiger partial charge in [0.2, 0.25) is 0 Å². The number of hydrogen-bond donors (Lipinski definition) is 4. The van der Waals surface area contributed by atoms with Crippen LogP contribution in [0.25, 0.3) is 0 Å². The molecule has 0 saturated heterocycles. The highest BCUT2D eigenvalue weighted by atomic mass is 16.2. The van der Waals surface area contributed by atoms with Gasteiger partial charge in [0, 0.05) is 20.0 Å². The maximum absolute atomic E-state index is 10.5. The highest BCUT2D eigenvalue weighted by Gasteiger charge is 1.94. The van der Waals surface area contributed by atoms with Crippen molar-refractivity contribution in [1.29, 1.82) is 5.41 Å². The molecule has 0 saturated carbocycles. The van der Waals surface area contributed by atoms with E-state index in [1.165, 1.54) is 7.05 Å². The van der Waals surface area contributed by atoms with Crippen LogP contribution in [0.4, 0.5) is 4.79 Å². The zero-order valence-corrected chi connectivity index (χ0v) is 5.90. The van der Waals surface area contributed by atoms with Gasteiger partial charge in [0.05, 0.1) is 5.84 Å². The number of urea groups is 1. The van der Waals surface area contributed by atoms with Crippen molar-refractivity contribution in [2.75, 3.05) is 13.6 Å². The maximum Gasteiger partial charge on any atom is 0.314 e. The molecular weight excluding hydrogens is 132 g/mol. The summed E-state index contributed by atoms with van der Waals surface area (Å²) >= 11 is 0. The van der Waals surface area contributed by atoms with Gasteiger partial charge in [0.1, 0.15) is 0 Å². The average Bonchev–Trinajstić information content (AvgIpc) is 1.87. The predicted molar refractivity (Wildman–Crippen MR) is 39.0 cm³/mol. The Labute approximate surface area is 59.5 Å². The van der Waals surface area contributed by atoms with Gasteiger partial charge in [-0.2, -0.15) is 0 Å². The molecule has 0 bridgehead atoms. The van der Waals surface area contributed by atoms with Crippen LogP contribution in [0, 0.1) is 5.41 Å². The molecule has 0 atom stereocenters. The number of rotatable bonds is 3. The number of carbonyl (C=O) groups is 1. The van der Waals surface area contributed by atoms with E-state index in [4.69, 9.17) is 11.1 Å². The molecule has 0 aliphatic rings. The summed E-state index contributed by atoms with van der Waals surface area (Å²) in [5.74, 6) is 0.0800. The first kappa shape index (κ1) is 8.74. The molecule has 58 valence electrons. The summed E-state index contributed by atoms with van der Waals surface area (Å²) in [6.45, 7) is 0.412. The SMILES string of the molecule is CNC(=O)NCCC(=N)N. The normalized spacial score (nSPS) is 8.50. The van der Waals surface area contributed by atoms with Crippen molar-refractivity contribution in [1.82, 2.24) is 10.6 Å². The van der Waals surface area contributed by atoms with E-state index in [9.17, 15) is 4.79 Å². The van der Waals surface area contributed by atoms with Crippen molar-refractivity contribution in [3.05, 3.63) is 0 Å². The molecule has 5 heteroatoms. The first-order chi connectivity index (χ1) is 4.66. The van der Waals surface area contributed by atoms with Crippen LogP contribution in [0.1, 0.15) is 6.42 Å². The standard InChI is InChI=1S/C5H12N4O/c1-8-5(10)9-3-2-4(6)7/h2-3H2,1H3,(H3,6,7)(H2,8,9,10). The van der Waals surface area contributed by atoms with Crippen LogP contribution in [-0.4, -0.2) is 25.5 Å². The molecule has 0 aliphatic carbocycles. The summed E-state index contributed by atoms with van der Waals surface area (Å²) in [6.07, 6.45) is 0.396. The summed E-state index contributed by atoms with van der Waals surface area (Å²) < 4.78 is 0. The molecular formula is C5H12N4O. The minimum Gasteiger partial charge on any atom is -0.388 e. The summed E-state index contributed by atoms with van der Waals surface area (Å²) in [5.41, 5.74) is 5.03. The third-order valence-corrected chi connectivity index (χ3v) is 0.907. The number of amidine groups is 1. The highest BCUT2D eigenvalue weighted by molar-refractivity contribution is 5.78. The Morgan fingerprint density at radius 3 is 2.70 bits per heavy atom. The molecule has 0 aromatic rings. The molecule has 2 amide bonds. The van der Waals surface area contributed by atoms with Gasteiger partial charge >= 0.3 is 6.03 Å². The average molecular weight is 144 g/mol. The third kappa shape index (κ3) is 4.89. The van der Waals surface area contributed by atoms with Gasteiger partial charge in [-0.3, -0.25) is 5.41 Å². The van der Waals surface area contributed by atoms with Crippen LogP contribution in [0.15, 0.2) is 0 Å². The van der Waals surface area contributed by atoms with Crippen LogP contribution >= 0.6 is 0 Å². The monoisotopic (exact) mass is 144 g/mol. The lowest BCUT2D eigenvalue weighted by molar-refractivity contribution is 0.243. The molecule has 0 radical (unpaired) electrons. The topological polar surface area (TPSA) is 91.0 Å². The smallest absolute Gasteiger partial charge is 0.314 e. The van der Waals surface area contributed by atoms with Gasteiger partial charge in [0.25, 0.3) is 0 Å². The Hall–Kier alpha value is -1.26. The van der Waals surface area contributed by atoms with E-state index in [1.807, 2.05) is 0 Å². The molecule has 0 fully saturated rings. The predicted octanol–water partition coefficient (Wildman–Crippen LogP) is -0.759. The summed E-state index contributed by atoms with van der Waals surface area (Å²) in [5, 5.41) is 11.7. The molecule has 10 heavy (non-hydrogen) atoms.